The van der Waals surface area contributed by atoms with Gasteiger partial charge in [-0.1, -0.05) is 66.9 Å². The summed E-state index contributed by atoms with van der Waals surface area (Å²) in [7, 11) is 4.57. The van der Waals surface area contributed by atoms with Crippen molar-refractivity contribution in [3.63, 3.8) is 0 Å². The fourth-order valence-electron chi connectivity index (χ4n) is 4.69. The molecule has 0 saturated carbocycles. The van der Waals surface area contributed by atoms with Crippen LogP contribution in [0.2, 0.25) is 0 Å². The molecule has 3 aromatic rings. The minimum Gasteiger partial charge on any atom is -0.497 e. The number of hydrogen-bond acceptors (Lipinski definition) is 7. The zero-order valence-corrected chi connectivity index (χ0v) is 25.5. The van der Waals surface area contributed by atoms with Crippen molar-refractivity contribution in [2.45, 2.75) is 76.5 Å². The summed E-state index contributed by atoms with van der Waals surface area (Å²) in [5.74, 6) is 6.05. The number of ether oxygens (including phenoxy) is 5. The van der Waals surface area contributed by atoms with Crippen LogP contribution < -0.4 is 9.47 Å². The minimum atomic E-state index is -0.765. The maximum absolute atomic E-state index is 11.4. The lowest BCUT2D eigenvalue weighted by Gasteiger charge is -2.26. The molecule has 7 nitrogen and oxygen atoms in total. The van der Waals surface area contributed by atoms with Gasteiger partial charge in [0.25, 0.3) is 0 Å². The van der Waals surface area contributed by atoms with Crippen molar-refractivity contribution in [1.82, 2.24) is 0 Å². The molecule has 0 radical (unpaired) electrons. The summed E-state index contributed by atoms with van der Waals surface area (Å²) >= 11 is 0. The number of aryl methyl sites for hydroxylation is 1. The predicted molar refractivity (Wildman–Crippen MR) is 167 cm³/mol. The third-order valence-corrected chi connectivity index (χ3v) is 7.15. The van der Waals surface area contributed by atoms with Crippen molar-refractivity contribution >= 4 is 5.97 Å². The Morgan fingerprint density at radius 3 is 1.86 bits per heavy atom. The van der Waals surface area contributed by atoms with Crippen LogP contribution in [0.3, 0.4) is 0 Å². The standard InChI is InChI=1S/C36H44O7/c1-39-32-20-16-29(17-21-32)26-42-34(14-8-7-12-28-10-5-4-6-11-28)25-35(24-31(37)13-9-15-36(38)41-3)43-27-30-18-22-33(40-2)23-19-30/h4-6,10-11,16-23,31,34-35,37H,7-8,12-14,24-27H2,1-3H3/t31-,34+,35-/m1/s1. The van der Waals surface area contributed by atoms with Gasteiger partial charge in [0, 0.05) is 18.8 Å². The average molecular weight is 589 g/mol. The van der Waals surface area contributed by atoms with E-state index >= 15 is 0 Å². The summed E-state index contributed by atoms with van der Waals surface area (Å²) in [6, 6.07) is 26.1. The van der Waals surface area contributed by atoms with E-state index < -0.39 is 12.1 Å². The lowest BCUT2D eigenvalue weighted by Crippen LogP contribution is -2.27. The molecule has 0 heterocycles. The Hall–Kier alpha value is -3.83. The summed E-state index contributed by atoms with van der Waals surface area (Å²) in [6.07, 6.45) is 3.92. The molecular weight excluding hydrogens is 544 g/mol. The first-order chi connectivity index (χ1) is 21.0. The van der Waals surface area contributed by atoms with Crippen LogP contribution in [0.25, 0.3) is 0 Å². The summed E-state index contributed by atoms with van der Waals surface area (Å²) in [5, 5.41) is 10.8. The van der Waals surface area contributed by atoms with E-state index in [9.17, 15) is 9.90 Å². The number of carbonyl (C=O) groups is 1. The lowest BCUT2D eigenvalue weighted by atomic mass is 9.98. The van der Waals surface area contributed by atoms with Crippen molar-refractivity contribution in [1.29, 1.82) is 0 Å². The molecule has 0 aromatic heterocycles. The van der Waals surface area contributed by atoms with E-state index in [1.807, 2.05) is 54.6 Å². The largest absolute Gasteiger partial charge is 0.497 e. The highest BCUT2D eigenvalue weighted by Crippen LogP contribution is 2.22. The third kappa shape index (κ3) is 13.3. The van der Waals surface area contributed by atoms with E-state index in [4.69, 9.17) is 18.9 Å². The molecule has 0 aliphatic rings. The van der Waals surface area contributed by atoms with Crippen LogP contribution in [0, 0.1) is 11.8 Å². The molecule has 7 heteroatoms. The number of rotatable bonds is 18. The molecule has 0 amide bonds. The van der Waals surface area contributed by atoms with Crippen molar-refractivity contribution in [2.75, 3.05) is 21.3 Å². The first kappa shape index (κ1) is 33.7. The van der Waals surface area contributed by atoms with Crippen LogP contribution in [-0.4, -0.2) is 50.7 Å². The molecule has 0 fully saturated rings. The van der Waals surface area contributed by atoms with Crippen molar-refractivity contribution in [3.8, 4) is 23.3 Å². The van der Waals surface area contributed by atoms with Gasteiger partial charge < -0.3 is 28.8 Å². The second kappa shape index (κ2) is 19.4. The van der Waals surface area contributed by atoms with Crippen LogP contribution in [0.4, 0.5) is 0 Å². The van der Waals surface area contributed by atoms with E-state index in [1.165, 1.54) is 12.7 Å². The van der Waals surface area contributed by atoms with E-state index in [-0.39, 0.29) is 18.6 Å². The van der Waals surface area contributed by atoms with Gasteiger partial charge in [-0.05, 0) is 66.6 Å². The molecule has 3 rings (SSSR count). The molecule has 1 N–H and O–H groups in total. The van der Waals surface area contributed by atoms with Gasteiger partial charge in [-0.3, -0.25) is 0 Å². The fourth-order valence-corrected chi connectivity index (χ4v) is 4.69. The Morgan fingerprint density at radius 1 is 0.721 bits per heavy atom. The van der Waals surface area contributed by atoms with Crippen LogP contribution in [0.15, 0.2) is 78.9 Å². The van der Waals surface area contributed by atoms with E-state index in [2.05, 4.69) is 40.8 Å². The van der Waals surface area contributed by atoms with Crippen molar-refractivity contribution < 1.29 is 33.6 Å². The maximum Gasteiger partial charge on any atom is 0.384 e. The number of carbonyl (C=O) groups excluding carboxylic acids is 1. The second-order valence-electron chi connectivity index (χ2n) is 10.4. The lowest BCUT2D eigenvalue weighted by molar-refractivity contribution is -0.133. The minimum absolute atomic E-state index is 0.0768. The molecule has 0 aliphatic carbocycles. The number of aliphatic hydroxyl groups is 1. The van der Waals surface area contributed by atoms with Gasteiger partial charge in [-0.25, -0.2) is 4.79 Å². The van der Waals surface area contributed by atoms with E-state index in [0.29, 0.717) is 26.1 Å². The average Bonchev–Trinajstić information content (AvgIpc) is 3.05. The molecule has 0 aliphatic heterocycles. The molecule has 3 atom stereocenters. The number of esters is 1. The van der Waals surface area contributed by atoms with Crippen LogP contribution in [0.5, 0.6) is 11.5 Å². The third-order valence-electron chi connectivity index (χ3n) is 7.15. The highest BCUT2D eigenvalue weighted by atomic mass is 16.5. The van der Waals surface area contributed by atoms with Gasteiger partial charge in [0.05, 0.1) is 52.9 Å². The van der Waals surface area contributed by atoms with E-state index in [1.54, 1.807) is 14.2 Å². The zero-order chi connectivity index (χ0) is 30.7. The maximum atomic E-state index is 11.4. The molecule has 230 valence electrons. The molecule has 0 spiro atoms. The van der Waals surface area contributed by atoms with Gasteiger partial charge in [-0.15, -0.1) is 0 Å². The monoisotopic (exact) mass is 588 g/mol. The van der Waals surface area contributed by atoms with Crippen molar-refractivity contribution in [2.24, 2.45) is 0 Å². The molecule has 0 unspecified atom stereocenters. The highest BCUT2D eigenvalue weighted by Gasteiger charge is 2.21. The molecule has 43 heavy (non-hydrogen) atoms. The topological polar surface area (TPSA) is 83.5 Å². The quantitative estimate of drug-likeness (QED) is 0.0809. The predicted octanol–water partition coefficient (Wildman–Crippen LogP) is 6.30. The SMILES string of the molecule is COC(=O)C#CC[C@@H](O)C[C@H](C[C@H](CCCCc1ccccc1)OCc1ccc(OC)cc1)OCc1ccc(OC)cc1. The second-order valence-corrected chi connectivity index (χ2v) is 10.4. The Kier molecular flexibility index (Phi) is 15.2. The molecule has 0 bridgehead atoms. The molecule has 0 saturated heterocycles. The summed E-state index contributed by atoms with van der Waals surface area (Å²) in [4.78, 5) is 11.4. The number of methoxy groups -OCH3 is 3. The van der Waals surface area contributed by atoms with Gasteiger partial charge in [0.1, 0.15) is 11.5 Å². The fraction of sp³-hybridized carbons (Fsp3) is 0.417. The van der Waals surface area contributed by atoms with Gasteiger partial charge >= 0.3 is 5.97 Å². The Labute approximate surface area is 256 Å². The summed E-state index contributed by atoms with van der Waals surface area (Å²) < 4.78 is 28.0. The van der Waals surface area contributed by atoms with Crippen LogP contribution in [-0.2, 0) is 38.6 Å². The number of aliphatic hydroxyl groups excluding tert-OH is 1. The summed E-state index contributed by atoms with van der Waals surface area (Å²) in [6.45, 7) is 0.847. The molecular formula is C36H44O7. The number of hydrogen-bond donors (Lipinski definition) is 1. The van der Waals surface area contributed by atoms with Crippen LogP contribution >= 0.6 is 0 Å². The van der Waals surface area contributed by atoms with E-state index in [0.717, 1.165) is 48.3 Å². The van der Waals surface area contributed by atoms with Gasteiger partial charge in [0.2, 0.25) is 0 Å². The van der Waals surface area contributed by atoms with Gasteiger partial charge in [0.15, 0.2) is 0 Å². The van der Waals surface area contributed by atoms with Crippen molar-refractivity contribution in [3.05, 3.63) is 95.6 Å². The Bertz CT molecular complexity index is 1250. The first-order valence-corrected chi connectivity index (χ1v) is 14.8. The smallest absolute Gasteiger partial charge is 0.384 e. The summed E-state index contributed by atoms with van der Waals surface area (Å²) in [5.41, 5.74) is 3.39. The molecule has 3 aromatic carbocycles. The Balaban J connectivity index is 1.68. The van der Waals surface area contributed by atoms with Crippen LogP contribution in [0.1, 0.15) is 55.2 Å². The Morgan fingerprint density at radius 2 is 1.30 bits per heavy atom. The normalized spacial score (nSPS) is 12.8. The van der Waals surface area contributed by atoms with Gasteiger partial charge in [-0.2, -0.15) is 0 Å². The highest BCUT2D eigenvalue weighted by molar-refractivity contribution is 5.88. The first-order valence-electron chi connectivity index (χ1n) is 14.8. The number of unbranched alkanes of at least 4 members (excludes halogenated alkanes) is 1. The number of benzene rings is 3. The zero-order valence-electron chi connectivity index (χ0n) is 25.5.